The molecule has 1 aromatic rings. The summed E-state index contributed by atoms with van der Waals surface area (Å²) in [6.07, 6.45) is 0.996. The number of amides is 1. The molecule has 1 amide bonds. The molecule has 114 valence electrons. The Morgan fingerprint density at radius 1 is 1.33 bits per heavy atom. The average molecular weight is 293 g/mol. The summed E-state index contributed by atoms with van der Waals surface area (Å²) in [7, 11) is 1.48. The Balaban J connectivity index is 2.56. The normalized spacial score (nSPS) is 21.6. The highest BCUT2D eigenvalue weighted by Gasteiger charge is 2.46. The maximum atomic E-state index is 12.7. The predicted octanol–water partition coefficient (Wildman–Crippen LogP) is 0.476. The van der Waals surface area contributed by atoms with Gasteiger partial charge in [0.15, 0.2) is 0 Å². The highest BCUT2D eigenvalue weighted by atomic mass is 16.4. The number of hydrogen-bond acceptors (Lipinski definition) is 4. The Morgan fingerprint density at radius 2 is 1.95 bits per heavy atom. The summed E-state index contributed by atoms with van der Waals surface area (Å²) in [5, 5.41) is 13.4. The van der Waals surface area contributed by atoms with Crippen molar-refractivity contribution >= 4 is 11.9 Å². The first-order chi connectivity index (χ1) is 9.70. The number of aliphatic carboxylic acids is 1. The van der Waals surface area contributed by atoms with Gasteiger partial charge in [0, 0.05) is 13.6 Å². The highest BCUT2D eigenvalue weighted by Crippen LogP contribution is 2.30. The van der Waals surface area contributed by atoms with Gasteiger partial charge in [-0.15, -0.1) is 0 Å². The summed E-state index contributed by atoms with van der Waals surface area (Å²) < 4.78 is 1.11. The van der Waals surface area contributed by atoms with Crippen LogP contribution >= 0.6 is 0 Å². The first-order valence-electron chi connectivity index (χ1n) is 6.80. The zero-order chi connectivity index (χ0) is 15.9. The summed E-state index contributed by atoms with van der Waals surface area (Å²) in [6.45, 7) is 5.23. The van der Waals surface area contributed by atoms with Gasteiger partial charge in [0.05, 0.1) is 5.69 Å². The van der Waals surface area contributed by atoms with E-state index in [0.717, 1.165) is 4.68 Å². The molecular formula is C14H19N3O4. The van der Waals surface area contributed by atoms with Gasteiger partial charge in [-0.05, 0) is 39.2 Å². The van der Waals surface area contributed by atoms with Gasteiger partial charge in [-0.2, -0.15) is 5.10 Å². The van der Waals surface area contributed by atoms with Crippen molar-refractivity contribution in [1.29, 1.82) is 0 Å². The lowest BCUT2D eigenvalue weighted by Gasteiger charge is -2.31. The van der Waals surface area contributed by atoms with E-state index in [1.807, 2.05) is 0 Å². The van der Waals surface area contributed by atoms with Crippen LogP contribution in [-0.4, -0.2) is 43.7 Å². The van der Waals surface area contributed by atoms with Gasteiger partial charge in [-0.1, -0.05) is 0 Å². The first kappa shape index (κ1) is 15.2. The number of carboxylic acids is 1. The fraction of sp³-hybridized carbons (Fsp3) is 0.571. The molecule has 1 unspecified atom stereocenters. The largest absolute Gasteiger partial charge is 0.480 e. The van der Waals surface area contributed by atoms with Crippen molar-refractivity contribution < 1.29 is 14.7 Å². The van der Waals surface area contributed by atoms with E-state index in [1.165, 1.54) is 18.9 Å². The van der Waals surface area contributed by atoms with E-state index in [4.69, 9.17) is 0 Å². The van der Waals surface area contributed by atoms with E-state index in [0.29, 0.717) is 30.6 Å². The Kier molecular flexibility index (Phi) is 3.61. The lowest BCUT2D eigenvalue weighted by molar-refractivity contribution is -0.147. The summed E-state index contributed by atoms with van der Waals surface area (Å²) in [4.78, 5) is 37.7. The Bertz CT molecular complexity index is 680. The molecule has 7 nitrogen and oxygen atoms in total. The van der Waals surface area contributed by atoms with Crippen molar-refractivity contribution in [1.82, 2.24) is 14.7 Å². The molecule has 1 aromatic heterocycles. The number of nitrogens with zero attached hydrogens (tertiary/aromatic N) is 3. The second-order valence-electron chi connectivity index (χ2n) is 5.65. The molecule has 0 radical (unpaired) electrons. The summed E-state index contributed by atoms with van der Waals surface area (Å²) >= 11 is 0. The third-order valence-corrected chi connectivity index (χ3v) is 4.29. The van der Waals surface area contributed by atoms with Crippen LogP contribution in [0.25, 0.3) is 0 Å². The van der Waals surface area contributed by atoms with Crippen LogP contribution < -0.4 is 5.56 Å². The van der Waals surface area contributed by atoms with Crippen LogP contribution in [0.1, 0.15) is 41.4 Å². The quantitative estimate of drug-likeness (QED) is 0.856. The van der Waals surface area contributed by atoms with E-state index in [1.54, 1.807) is 13.8 Å². The minimum atomic E-state index is -1.26. The van der Waals surface area contributed by atoms with E-state index >= 15 is 0 Å². The smallest absolute Gasteiger partial charge is 0.329 e. The molecule has 0 aliphatic carbocycles. The Labute approximate surface area is 122 Å². The number of carbonyl (C=O) groups excluding carboxylic acids is 1. The molecule has 1 aliphatic rings. The van der Waals surface area contributed by atoms with Gasteiger partial charge in [-0.3, -0.25) is 9.59 Å². The van der Waals surface area contributed by atoms with E-state index in [-0.39, 0.29) is 5.56 Å². The lowest BCUT2D eigenvalue weighted by atomic mass is 9.98. The summed E-state index contributed by atoms with van der Waals surface area (Å²) in [6, 6.07) is 0. The van der Waals surface area contributed by atoms with Crippen molar-refractivity contribution in [2.24, 2.45) is 7.05 Å². The topological polar surface area (TPSA) is 92.5 Å². The fourth-order valence-corrected chi connectivity index (χ4v) is 2.75. The molecule has 2 rings (SSSR count). The molecule has 1 saturated heterocycles. The van der Waals surface area contributed by atoms with Crippen LogP contribution in [0.3, 0.4) is 0 Å². The number of carbonyl (C=O) groups is 2. The second kappa shape index (κ2) is 4.98. The summed E-state index contributed by atoms with van der Waals surface area (Å²) in [5.74, 6) is -1.57. The number of carboxylic acid groups (broad SMARTS) is 1. The van der Waals surface area contributed by atoms with Gasteiger partial charge in [-0.25, -0.2) is 9.48 Å². The zero-order valence-electron chi connectivity index (χ0n) is 12.6. The van der Waals surface area contributed by atoms with Crippen molar-refractivity contribution in [3.8, 4) is 0 Å². The molecule has 0 bridgehead atoms. The fourth-order valence-electron chi connectivity index (χ4n) is 2.75. The van der Waals surface area contributed by atoms with E-state index in [2.05, 4.69) is 5.10 Å². The Hall–Kier alpha value is -2.18. The van der Waals surface area contributed by atoms with Gasteiger partial charge in [0.2, 0.25) is 0 Å². The number of aryl methyl sites for hydroxylation is 2. The molecule has 0 spiro atoms. The van der Waals surface area contributed by atoms with Crippen LogP contribution in [0.5, 0.6) is 0 Å². The number of likely N-dealkylation sites (tertiary alicyclic amines) is 1. The van der Waals surface area contributed by atoms with Crippen molar-refractivity contribution in [3.63, 3.8) is 0 Å². The molecular weight excluding hydrogens is 274 g/mol. The molecule has 21 heavy (non-hydrogen) atoms. The van der Waals surface area contributed by atoms with Crippen molar-refractivity contribution in [2.75, 3.05) is 6.54 Å². The second-order valence-corrected chi connectivity index (χ2v) is 5.65. The van der Waals surface area contributed by atoms with Crippen LogP contribution in [0.4, 0.5) is 0 Å². The third-order valence-electron chi connectivity index (χ3n) is 4.29. The Morgan fingerprint density at radius 3 is 2.52 bits per heavy atom. The molecule has 7 heteroatoms. The molecule has 1 aliphatic heterocycles. The standard InChI is InChI=1S/C14H19N3O4/c1-8-9(2)15-16(4)11(18)10(8)12(19)17-7-5-6-14(17,3)13(20)21/h5-7H2,1-4H3,(H,20,21). The molecule has 1 atom stereocenters. The molecule has 2 heterocycles. The van der Waals surface area contributed by atoms with Crippen molar-refractivity contribution in [3.05, 3.63) is 27.2 Å². The zero-order valence-corrected chi connectivity index (χ0v) is 12.6. The van der Waals surface area contributed by atoms with Gasteiger partial charge in [0.1, 0.15) is 11.1 Å². The number of hydrogen-bond donors (Lipinski definition) is 1. The minimum Gasteiger partial charge on any atom is -0.480 e. The monoisotopic (exact) mass is 293 g/mol. The van der Waals surface area contributed by atoms with Crippen LogP contribution in [0.15, 0.2) is 4.79 Å². The van der Waals surface area contributed by atoms with Crippen LogP contribution in [-0.2, 0) is 11.8 Å². The van der Waals surface area contributed by atoms with Crippen molar-refractivity contribution in [2.45, 2.75) is 39.2 Å². The average Bonchev–Trinajstić information content (AvgIpc) is 2.80. The molecule has 0 aromatic carbocycles. The minimum absolute atomic E-state index is 0.0133. The van der Waals surface area contributed by atoms with E-state index in [9.17, 15) is 19.5 Å². The first-order valence-corrected chi connectivity index (χ1v) is 6.80. The maximum absolute atomic E-state index is 12.7. The molecule has 1 N–H and O–H groups in total. The van der Waals surface area contributed by atoms with Gasteiger partial charge < -0.3 is 10.0 Å². The summed E-state index contributed by atoms with van der Waals surface area (Å²) in [5.41, 5.74) is -0.660. The molecule has 0 saturated carbocycles. The lowest BCUT2D eigenvalue weighted by Crippen LogP contribution is -2.52. The van der Waals surface area contributed by atoms with E-state index < -0.39 is 23.0 Å². The SMILES string of the molecule is Cc1nn(C)c(=O)c(C(=O)N2CCCC2(C)C(=O)O)c1C. The molecule has 1 fully saturated rings. The number of aromatic nitrogens is 2. The van der Waals surface area contributed by atoms with Gasteiger partial charge >= 0.3 is 5.97 Å². The maximum Gasteiger partial charge on any atom is 0.329 e. The highest BCUT2D eigenvalue weighted by molar-refractivity contribution is 5.99. The van der Waals surface area contributed by atoms with Gasteiger partial charge in [0.25, 0.3) is 11.5 Å². The van der Waals surface area contributed by atoms with Crippen LogP contribution in [0, 0.1) is 13.8 Å². The third kappa shape index (κ3) is 2.22. The number of rotatable bonds is 2. The van der Waals surface area contributed by atoms with Crippen LogP contribution in [0.2, 0.25) is 0 Å². The predicted molar refractivity (Wildman–Crippen MR) is 75.3 cm³/mol.